The van der Waals surface area contributed by atoms with Crippen molar-refractivity contribution in [1.82, 2.24) is 10.1 Å². The molecular weight excluding hydrogens is 378 g/mol. The fourth-order valence-corrected chi connectivity index (χ4v) is 3.70. The molecule has 156 valence electrons. The molecule has 1 amide bonds. The second-order valence-electron chi connectivity index (χ2n) is 8.59. The Morgan fingerprint density at radius 1 is 1.13 bits per heavy atom. The van der Waals surface area contributed by atoms with Gasteiger partial charge in [-0.25, -0.2) is 0 Å². The van der Waals surface area contributed by atoms with Crippen molar-refractivity contribution < 1.29 is 14.1 Å². The Hall–Kier alpha value is -3.15. The molecule has 2 aromatic carbocycles. The summed E-state index contributed by atoms with van der Waals surface area (Å²) in [5.74, 6) is 1.64. The molecule has 0 bridgehead atoms. The molecule has 0 aliphatic carbocycles. The smallest absolute Gasteiger partial charge is 0.232 e. The van der Waals surface area contributed by atoms with Crippen LogP contribution in [0.2, 0.25) is 0 Å². The predicted octanol–water partition coefficient (Wildman–Crippen LogP) is 4.95. The molecule has 0 spiro atoms. The number of carbonyl (C=O) groups excluding carboxylic acids is 1. The SMILES string of the molecule is CCOc1ccccc1N1CC(c2nc(-c3ccc(C(C)(C)C)cc3)no2)CC1=O. The van der Waals surface area contributed by atoms with Gasteiger partial charge in [0, 0.05) is 18.5 Å². The van der Waals surface area contributed by atoms with Crippen LogP contribution in [0.5, 0.6) is 5.75 Å². The summed E-state index contributed by atoms with van der Waals surface area (Å²) in [5, 5.41) is 4.15. The van der Waals surface area contributed by atoms with Gasteiger partial charge in [-0.05, 0) is 30.0 Å². The summed E-state index contributed by atoms with van der Waals surface area (Å²) in [5.41, 5.74) is 3.03. The van der Waals surface area contributed by atoms with Crippen LogP contribution in [0.15, 0.2) is 53.1 Å². The van der Waals surface area contributed by atoms with E-state index >= 15 is 0 Å². The van der Waals surface area contributed by atoms with Gasteiger partial charge in [0.05, 0.1) is 18.2 Å². The van der Waals surface area contributed by atoms with Crippen LogP contribution in [0.4, 0.5) is 5.69 Å². The van der Waals surface area contributed by atoms with Crippen molar-refractivity contribution in [3.05, 3.63) is 60.0 Å². The van der Waals surface area contributed by atoms with Crippen LogP contribution in [-0.2, 0) is 10.2 Å². The molecule has 30 heavy (non-hydrogen) atoms. The minimum atomic E-state index is -0.137. The monoisotopic (exact) mass is 405 g/mol. The minimum Gasteiger partial charge on any atom is -0.492 e. The molecule has 0 saturated carbocycles. The fraction of sp³-hybridized carbons (Fsp3) is 0.375. The number of aromatic nitrogens is 2. The Balaban J connectivity index is 1.53. The molecule has 6 nitrogen and oxygen atoms in total. The number of nitrogens with zero attached hydrogens (tertiary/aromatic N) is 3. The lowest BCUT2D eigenvalue weighted by Gasteiger charge is -2.19. The van der Waals surface area contributed by atoms with Gasteiger partial charge < -0.3 is 14.2 Å². The van der Waals surface area contributed by atoms with Gasteiger partial charge in [-0.3, -0.25) is 4.79 Å². The molecule has 1 fully saturated rings. The van der Waals surface area contributed by atoms with Gasteiger partial charge >= 0.3 is 0 Å². The van der Waals surface area contributed by atoms with Gasteiger partial charge in [-0.15, -0.1) is 0 Å². The second kappa shape index (κ2) is 7.94. The van der Waals surface area contributed by atoms with Gasteiger partial charge in [0.2, 0.25) is 17.6 Å². The number of hydrogen-bond donors (Lipinski definition) is 0. The van der Waals surface area contributed by atoms with Gasteiger partial charge in [0.1, 0.15) is 5.75 Å². The van der Waals surface area contributed by atoms with Crippen LogP contribution in [-0.4, -0.2) is 29.2 Å². The third-order valence-corrected chi connectivity index (χ3v) is 5.38. The quantitative estimate of drug-likeness (QED) is 0.600. The summed E-state index contributed by atoms with van der Waals surface area (Å²) < 4.78 is 11.2. The maximum Gasteiger partial charge on any atom is 0.232 e. The normalized spacial score (nSPS) is 16.9. The third kappa shape index (κ3) is 3.95. The summed E-state index contributed by atoms with van der Waals surface area (Å²) in [4.78, 5) is 19.0. The predicted molar refractivity (Wildman–Crippen MR) is 116 cm³/mol. The molecule has 3 aromatic rings. The van der Waals surface area contributed by atoms with Gasteiger partial charge in [0.25, 0.3) is 0 Å². The molecule has 4 rings (SSSR count). The highest BCUT2D eigenvalue weighted by Crippen LogP contribution is 2.36. The van der Waals surface area contributed by atoms with Crippen molar-refractivity contribution in [2.75, 3.05) is 18.1 Å². The summed E-state index contributed by atoms with van der Waals surface area (Å²) in [6.07, 6.45) is 0.338. The standard InChI is InChI=1S/C24H27N3O3/c1-5-29-20-9-7-6-8-19(20)27-15-17(14-21(27)28)23-25-22(26-30-23)16-10-12-18(13-11-16)24(2,3)4/h6-13,17H,5,14-15H2,1-4H3. The molecule has 1 saturated heterocycles. The number of amides is 1. The van der Waals surface area contributed by atoms with Crippen molar-refractivity contribution in [2.45, 2.75) is 45.4 Å². The molecule has 0 N–H and O–H groups in total. The van der Waals surface area contributed by atoms with Crippen molar-refractivity contribution in [3.63, 3.8) is 0 Å². The lowest BCUT2D eigenvalue weighted by Crippen LogP contribution is -2.25. The first-order valence-electron chi connectivity index (χ1n) is 10.3. The zero-order valence-corrected chi connectivity index (χ0v) is 17.9. The van der Waals surface area contributed by atoms with E-state index in [1.165, 1.54) is 5.56 Å². The van der Waals surface area contributed by atoms with E-state index in [1.807, 2.05) is 43.3 Å². The largest absolute Gasteiger partial charge is 0.492 e. The minimum absolute atomic E-state index is 0.0291. The number of anilines is 1. The van der Waals surface area contributed by atoms with Crippen LogP contribution in [0.25, 0.3) is 11.4 Å². The van der Waals surface area contributed by atoms with E-state index < -0.39 is 0 Å². The number of ether oxygens (including phenoxy) is 1. The van der Waals surface area contributed by atoms with Gasteiger partial charge in [-0.1, -0.05) is 62.3 Å². The molecular formula is C24H27N3O3. The molecule has 1 atom stereocenters. The summed E-state index contributed by atoms with van der Waals surface area (Å²) in [6, 6.07) is 15.8. The van der Waals surface area contributed by atoms with Crippen LogP contribution in [0.1, 0.15) is 51.5 Å². The van der Waals surface area contributed by atoms with E-state index in [0.717, 1.165) is 11.3 Å². The first kappa shape index (κ1) is 20.1. The molecule has 6 heteroatoms. The summed E-state index contributed by atoms with van der Waals surface area (Å²) in [6.45, 7) is 9.51. The number of benzene rings is 2. The third-order valence-electron chi connectivity index (χ3n) is 5.38. The Labute approximate surface area is 176 Å². The average Bonchev–Trinajstić information content (AvgIpc) is 3.35. The van der Waals surface area contributed by atoms with E-state index in [1.54, 1.807) is 4.90 Å². The number of carbonyl (C=O) groups is 1. The zero-order valence-electron chi connectivity index (χ0n) is 17.9. The van der Waals surface area contributed by atoms with Crippen LogP contribution < -0.4 is 9.64 Å². The van der Waals surface area contributed by atoms with Crippen LogP contribution >= 0.6 is 0 Å². The molecule has 0 radical (unpaired) electrons. The average molecular weight is 405 g/mol. The Morgan fingerprint density at radius 3 is 2.57 bits per heavy atom. The maximum atomic E-state index is 12.7. The summed E-state index contributed by atoms with van der Waals surface area (Å²) in [7, 11) is 0. The lowest BCUT2D eigenvalue weighted by molar-refractivity contribution is -0.117. The zero-order chi connectivity index (χ0) is 21.3. The molecule has 1 unspecified atom stereocenters. The second-order valence-corrected chi connectivity index (χ2v) is 8.59. The fourth-order valence-electron chi connectivity index (χ4n) is 3.70. The first-order chi connectivity index (χ1) is 14.4. The Bertz CT molecular complexity index is 1030. The maximum absolute atomic E-state index is 12.7. The van der Waals surface area contributed by atoms with Crippen LogP contribution in [0, 0.1) is 0 Å². The summed E-state index contributed by atoms with van der Waals surface area (Å²) >= 11 is 0. The lowest BCUT2D eigenvalue weighted by atomic mass is 9.87. The molecule has 2 heterocycles. The number of rotatable bonds is 5. The van der Waals surface area contributed by atoms with Crippen molar-refractivity contribution in [1.29, 1.82) is 0 Å². The Kier molecular flexibility index (Phi) is 5.33. The molecule has 1 aromatic heterocycles. The molecule has 1 aliphatic heterocycles. The number of para-hydroxylation sites is 2. The van der Waals surface area contributed by atoms with Gasteiger partial charge in [0.15, 0.2) is 0 Å². The highest BCUT2D eigenvalue weighted by atomic mass is 16.5. The van der Waals surface area contributed by atoms with E-state index in [-0.39, 0.29) is 17.2 Å². The highest BCUT2D eigenvalue weighted by molar-refractivity contribution is 5.97. The van der Waals surface area contributed by atoms with Crippen molar-refractivity contribution in [3.8, 4) is 17.1 Å². The van der Waals surface area contributed by atoms with Crippen molar-refractivity contribution >= 4 is 11.6 Å². The van der Waals surface area contributed by atoms with E-state index in [4.69, 9.17) is 9.26 Å². The highest BCUT2D eigenvalue weighted by Gasteiger charge is 2.36. The first-order valence-corrected chi connectivity index (χ1v) is 10.3. The van der Waals surface area contributed by atoms with Crippen molar-refractivity contribution in [2.24, 2.45) is 0 Å². The van der Waals surface area contributed by atoms with E-state index in [9.17, 15) is 4.79 Å². The van der Waals surface area contributed by atoms with Crippen LogP contribution in [0.3, 0.4) is 0 Å². The molecule has 1 aliphatic rings. The Morgan fingerprint density at radius 2 is 1.87 bits per heavy atom. The van der Waals surface area contributed by atoms with Gasteiger partial charge in [-0.2, -0.15) is 4.98 Å². The number of hydrogen-bond acceptors (Lipinski definition) is 5. The topological polar surface area (TPSA) is 68.5 Å². The van der Waals surface area contributed by atoms with E-state index in [0.29, 0.717) is 37.0 Å². The van der Waals surface area contributed by atoms with E-state index in [2.05, 4.69) is 43.0 Å².